The second-order valence-electron chi connectivity index (χ2n) is 3.60. The molecule has 1 aromatic carbocycles. The molecule has 1 rings (SSSR count). The second-order valence-corrected chi connectivity index (χ2v) is 5.24. The Balaban J connectivity index is 2.98. The molecule has 0 aliphatic heterocycles. The first-order chi connectivity index (χ1) is 5.55. The fraction of sp³-hybridized carbons (Fsp3) is 0.455. The van der Waals surface area contributed by atoms with Crippen LogP contribution in [-0.4, -0.2) is 0 Å². The maximum absolute atomic E-state index is 3.75. The quantitative estimate of drug-likeness (QED) is 0.671. The highest BCUT2D eigenvalue weighted by Crippen LogP contribution is 2.37. The summed E-state index contributed by atoms with van der Waals surface area (Å²) in [5.74, 6) is 0.597. The van der Waals surface area contributed by atoms with E-state index in [2.05, 4.69) is 61.0 Å². The molecule has 0 saturated carbocycles. The zero-order chi connectivity index (χ0) is 9.19. The highest BCUT2D eigenvalue weighted by Gasteiger charge is 2.26. The van der Waals surface area contributed by atoms with E-state index in [0.29, 0.717) is 5.92 Å². The Bertz CT molecular complexity index is 236. The molecule has 1 atom stereocenters. The number of hydrogen-bond acceptors (Lipinski definition) is 0. The van der Waals surface area contributed by atoms with Crippen molar-refractivity contribution in [2.24, 2.45) is 5.92 Å². The first-order valence-electron chi connectivity index (χ1n) is 4.29. The van der Waals surface area contributed by atoms with Gasteiger partial charge in [-0.1, -0.05) is 60.1 Å². The van der Waals surface area contributed by atoms with Crippen LogP contribution in [0, 0.1) is 5.92 Å². The number of hydrogen-bond donors (Lipinski definition) is 0. The lowest BCUT2D eigenvalue weighted by Gasteiger charge is -2.27. The molecule has 1 aromatic rings. The van der Waals surface area contributed by atoms with Crippen molar-refractivity contribution in [2.75, 3.05) is 0 Å². The lowest BCUT2D eigenvalue weighted by Crippen LogP contribution is -2.20. The highest BCUT2D eigenvalue weighted by molar-refractivity contribution is 9.09. The van der Waals surface area contributed by atoms with Gasteiger partial charge in [-0.25, -0.2) is 0 Å². The minimum Gasteiger partial charge on any atom is -0.0802 e. The molecular weight excluding hydrogens is 212 g/mol. The van der Waals surface area contributed by atoms with E-state index < -0.39 is 0 Å². The van der Waals surface area contributed by atoms with Crippen molar-refractivity contribution in [3.05, 3.63) is 35.9 Å². The van der Waals surface area contributed by atoms with Crippen molar-refractivity contribution < 1.29 is 0 Å². The zero-order valence-corrected chi connectivity index (χ0v) is 9.43. The van der Waals surface area contributed by atoms with Crippen LogP contribution in [0.4, 0.5) is 0 Å². The molecule has 0 aromatic heterocycles. The molecule has 0 radical (unpaired) electrons. The SMILES string of the molecule is CC(C)C(C)(Br)c1ccccc1. The van der Waals surface area contributed by atoms with Gasteiger partial charge in [0.1, 0.15) is 0 Å². The van der Waals surface area contributed by atoms with Crippen LogP contribution in [0.2, 0.25) is 0 Å². The van der Waals surface area contributed by atoms with E-state index >= 15 is 0 Å². The monoisotopic (exact) mass is 226 g/mol. The number of alkyl halides is 1. The average molecular weight is 227 g/mol. The molecule has 0 saturated heterocycles. The van der Waals surface area contributed by atoms with Crippen molar-refractivity contribution in [1.29, 1.82) is 0 Å². The van der Waals surface area contributed by atoms with E-state index in [1.165, 1.54) is 5.56 Å². The van der Waals surface area contributed by atoms with E-state index in [-0.39, 0.29) is 4.32 Å². The van der Waals surface area contributed by atoms with Gasteiger partial charge in [-0.05, 0) is 18.4 Å². The lowest BCUT2D eigenvalue weighted by molar-refractivity contribution is 0.497. The molecule has 0 spiro atoms. The molecule has 0 heterocycles. The van der Waals surface area contributed by atoms with Crippen LogP contribution in [0.15, 0.2) is 30.3 Å². The first kappa shape index (κ1) is 9.79. The molecule has 1 unspecified atom stereocenters. The molecule has 0 nitrogen and oxygen atoms in total. The number of benzene rings is 1. The summed E-state index contributed by atoms with van der Waals surface area (Å²) in [7, 11) is 0. The van der Waals surface area contributed by atoms with Crippen LogP contribution in [0.3, 0.4) is 0 Å². The van der Waals surface area contributed by atoms with Gasteiger partial charge in [-0.15, -0.1) is 0 Å². The van der Waals surface area contributed by atoms with E-state index in [0.717, 1.165) is 0 Å². The fourth-order valence-electron chi connectivity index (χ4n) is 1.10. The summed E-state index contributed by atoms with van der Waals surface area (Å²) in [5.41, 5.74) is 1.35. The van der Waals surface area contributed by atoms with Crippen LogP contribution in [0.5, 0.6) is 0 Å². The molecule has 0 amide bonds. The minimum absolute atomic E-state index is 0.105. The summed E-state index contributed by atoms with van der Waals surface area (Å²) >= 11 is 3.75. The third kappa shape index (κ3) is 1.89. The van der Waals surface area contributed by atoms with Crippen molar-refractivity contribution in [3.8, 4) is 0 Å². The van der Waals surface area contributed by atoms with Crippen LogP contribution < -0.4 is 0 Å². The number of halogens is 1. The van der Waals surface area contributed by atoms with E-state index in [1.807, 2.05) is 6.07 Å². The second kappa shape index (κ2) is 3.61. The molecule has 12 heavy (non-hydrogen) atoms. The van der Waals surface area contributed by atoms with Crippen molar-refractivity contribution in [1.82, 2.24) is 0 Å². The van der Waals surface area contributed by atoms with Crippen molar-refractivity contribution >= 4 is 15.9 Å². The predicted molar refractivity (Wildman–Crippen MR) is 57.6 cm³/mol. The topological polar surface area (TPSA) is 0 Å². The van der Waals surface area contributed by atoms with Gasteiger partial charge in [0.05, 0.1) is 4.32 Å². The fourth-order valence-corrected chi connectivity index (χ4v) is 1.36. The van der Waals surface area contributed by atoms with E-state index in [4.69, 9.17) is 0 Å². The first-order valence-corrected chi connectivity index (χ1v) is 5.09. The molecule has 66 valence electrons. The average Bonchev–Trinajstić information content (AvgIpc) is 2.06. The van der Waals surface area contributed by atoms with Gasteiger partial charge in [0.25, 0.3) is 0 Å². The van der Waals surface area contributed by atoms with Crippen LogP contribution in [0.1, 0.15) is 26.3 Å². The molecule has 0 N–H and O–H groups in total. The Morgan fingerprint density at radius 3 is 2.08 bits per heavy atom. The van der Waals surface area contributed by atoms with Gasteiger partial charge in [-0.2, -0.15) is 0 Å². The zero-order valence-electron chi connectivity index (χ0n) is 7.84. The maximum atomic E-state index is 3.75. The third-order valence-electron chi connectivity index (χ3n) is 2.42. The minimum atomic E-state index is 0.105. The van der Waals surface area contributed by atoms with Crippen molar-refractivity contribution in [3.63, 3.8) is 0 Å². The van der Waals surface area contributed by atoms with Crippen LogP contribution in [0.25, 0.3) is 0 Å². The van der Waals surface area contributed by atoms with Gasteiger partial charge in [-0.3, -0.25) is 0 Å². The Labute approximate surface area is 83.1 Å². The van der Waals surface area contributed by atoms with Gasteiger partial charge in [0.2, 0.25) is 0 Å². The standard InChI is InChI=1S/C11H15Br/c1-9(2)11(3,12)10-7-5-4-6-8-10/h4-9H,1-3H3. The van der Waals surface area contributed by atoms with Gasteiger partial charge >= 0.3 is 0 Å². The van der Waals surface area contributed by atoms with Crippen LogP contribution in [-0.2, 0) is 4.32 Å². The summed E-state index contributed by atoms with van der Waals surface area (Å²) < 4.78 is 0.105. The summed E-state index contributed by atoms with van der Waals surface area (Å²) in [6, 6.07) is 10.5. The summed E-state index contributed by atoms with van der Waals surface area (Å²) in [6.45, 7) is 6.66. The van der Waals surface area contributed by atoms with Crippen molar-refractivity contribution in [2.45, 2.75) is 25.1 Å². The highest BCUT2D eigenvalue weighted by atomic mass is 79.9. The molecule has 0 aliphatic carbocycles. The van der Waals surface area contributed by atoms with E-state index in [9.17, 15) is 0 Å². The van der Waals surface area contributed by atoms with Crippen LogP contribution >= 0.6 is 15.9 Å². The smallest absolute Gasteiger partial charge is 0.0500 e. The Morgan fingerprint density at radius 2 is 1.67 bits per heavy atom. The summed E-state index contributed by atoms with van der Waals surface area (Å²) in [5, 5.41) is 0. The van der Waals surface area contributed by atoms with Gasteiger partial charge in [0, 0.05) is 0 Å². The summed E-state index contributed by atoms with van der Waals surface area (Å²) in [4.78, 5) is 0. The third-order valence-corrected chi connectivity index (χ3v) is 3.80. The maximum Gasteiger partial charge on any atom is 0.0500 e. The Hall–Kier alpha value is -0.300. The molecule has 0 aliphatic rings. The van der Waals surface area contributed by atoms with Gasteiger partial charge in [0.15, 0.2) is 0 Å². The molecule has 0 fully saturated rings. The predicted octanol–water partition coefficient (Wildman–Crippen LogP) is 3.95. The molecule has 0 bridgehead atoms. The normalized spacial score (nSPS) is 16.1. The number of rotatable bonds is 2. The molecule has 1 heteroatoms. The Morgan fingerprint density at radius 1 is 1.17 bits per heavy atom. The summed E-state index contributed by atoms with van der Waals surface area (Å²) in [6.07, 6.45) is 0. The lowest BCUT2D eigenvalue weighted by atomic mass is 9.90. The van der Waals surface area contributed by atoms with Gasteiger partial charge < -0.3 is 0 Å². The Kier molecular flexibility index (Phi) is 2.94. The molecular formula is C11H15Br. The largest absolute Gasteiger partial charge is 0.0802 e. The van der Waals surface area contributed by atoms with E-state index in [1.54, 1.807) is 0 Å².